The summed E-state index contributed by atoms with van der Waals surface area (Å²) in [4.78, 5) is 2.53. The smallest absolute Gasteiger partial charge is 0.0221 e. The summed E-state index contributed by atoms with van der Waals surface area (Å²) in [5.74, 6) is 1.24. The zero-order chi connectivity index (χ0) is 9.68. The lowest BCUT2D eigenvalue weighted by Gasteiger charge is -2.35. The van der Waals surface area contributed by atoms with E-state index in [9.17, 15) is 0 Å². The van der Waals surface area contributed by atoms with E-state index < -0.39 is 0 Å². The van der Waals surface area contributed by atoms with Gasteiger partial charge in [0.25, 0.3) is 0 Å². The summed E-state index contributed by atoms with van der Waals surface area (Å²) in [6.45, 7) is 4.71. The Morgan fingerprint density at radius 3 is 2.92 bits per heavy atom. The molecule has 2 atom stereocenters. The minimum absolute atomic E-state index is 0.708. The van der Waals surface area contributed by atoms with Crippen LogP contribution in [0.3, 0.4) is 0 Å². The molecule has 0 aliphatic carbocycles. The van der Waals surface area contributed by atoms with Crippen LogP contribution in [-0.4, -0.2) is 49.1 Å². The van der Waals surface area contributed by atoms with Crippen LogP contribution in [0.15, 0.2) is 0 Å². The molecule has 0 bridgehead atoms. The summed E-state index contributed by atoms with van der Waals surface area (Å²) in [6, 6.07) is 1.47. The maximum atomic E-state index is 3.46. The van der Waals surface area contributed by atoms with Gasteiger partial charge in [-0.15, -0.1) is 0 Å². The Hall–Kier alpha value is 0.270. The van der Waals surface area contributed by atoms with Crippen molar-refractivity contribution in [2.75, 3.05) is 32.1 Å². The fraction of sp³-hybridized carbons (Fsp3) is 1.00. The minimum atomic E-state index is 0.708. The molecule has 0 aromatic heterocycles. The van der Waals surface area contributed by atoms with Gasteiger partial charge in [-0.05, 0) is 39.6 Å². The lowest BCUT2D eigenvalue weighted by molar-refractivity contribution is 0.167. The van der Waals surface area contributed by atoms with Crippen LogP contribution in [0, 0.1) is 0 Å². The van der Waals surface area contributed by atoms with Crippen molar-refractivity contribution < 1.29 is 0 Å². The maximum Gasteiger partial charge on any atom is 0.0221 e. The largest absolute Gasteiger partial charge is 0.315 e. The molecule has 1 aliphatic rings. The first-order valence-electron chi connectivity index (χ1n) is 5.17. The molecule has 0 radical (unpaired) electrons. The lowest BCUT2D eigenvalue weighted by atomic mass is 10.1. The predicted molar refractivity (Wildman–Crippen MR) is 61.5 cm³/mol. The average molecular weight is 202 g/mol. The van der Waals surface area contributed by atoms with Crippen LogP contribution in [0.1, 0.15) is 19.8 Å². The van der Waals surface area contributed by atoms with Gasteiger partial charge in [0.1, 0.15) is 0 Å². The van der Waals surface area contributed by atoms with Crippen molar-refractivity contribution >= 4 is 11.8 Å². The molecular weight excluding hydrogens is 180 g/mol. The van der Waals surface area contributed by atoms with Crippen molar-refractivity contribution in [1.82, 2.24) is 10.2 Å². The fourth-order valence-corrected chi connectivity index (χ4v) is 2.62. The number of hydrogen-bond acceptors (Lipinski definition) is 3. The second kappa shape index (κ2) is 5.89. The molecule has 0 aromatic carbocycles. The van der Waals surface area contributed by atoms with Gasteiger partial charge in [-0.25, -0.2) is 0 Å². The number of likely N-dealkylation sites (N-methyl/N-ethyl adjacent to an activating group) is 1. The monoisotopic (exact) mass is 202 g/mol. The van der Waals surface area contributed by atoms with Gasteiger partial charge in [0, 0.05) is 24.4 Å². The van der Waals surface area contributed by atoms with Gasteiger partial charge in [0.05, 0.1) is 0 Å². The van der Waals surface area contributed by atoms with Crippen LogP contribution in [0.2, 0.25) is 0 Å². The molecule has 1 saturated heterocycles. The lowest BCUT2D eigenvalue weighted by Crippen LogP contribution is -2.48. The molecule has 78 valence electrons. The molecule has 0 amide bonds. The Morgan fingerprint density at radius 1 is 1.62 bits per heavy atom. The second-order valence-electron chi connectivity index (χ2n) is 3.97. The molecule has 2 unspecified atom stereocenters. The third-order valence-corrected chi connectivity index (χ3v) is 3.77. The average Bonchev–Trinajstić information content (AvgIpc) is 2.18. The van der Waals surface area contributed by atoms with Gasteiger partial charge >= 0.3 is 0 Å². The Morgan fingerprint density at radius 2 is 2.38 bits per heavy atom. The third-order valence-electron chi connectivity index (χ3n) is 2.95. The van der Waals surface area contributed by atoms with Crippen LogP contribution in [-0.2, 0) is 0 Å². The molecule has 0 saturated carbocycles. The number of hydrogen-bond donors (Lipinski definition) is 1. The predicted octanol–water partition coefficient (Wildman–Crippen LogP) is 1.42. The standard InChI is InChI=1S/C10H22N2S/c1-9(8-13-3)12(2)10-5-4-6-11-7-10/h9-11H,4-8H2,1-3H3. The Labute approximate surface area is 86.5 Å². The van der Waals surface area contributed by atoms with E-state index >= 15 is 0 Å². The Balaban J connectivity index is 2.31. The van der Waals surface area contributed by atoms with Crippen LogP contribution >= 0.6 is 11.8 Å². The van der Waals surface area contributed by atoms with Crippen LogP contribution in [0.25, 0.3) is 0 Å². The zero-order valence-electron chi connectivity index (χ0n) is 9.05. The van der Waals surface area contributed by atoms with E-state index in [0.717, 1.165) is 6.04 Å². The second-order valence-corrected chi connectivity index (χ2v) is 4.88. The zero-order valence-corrected chi connectivity index (χ0v) is 9.86. The molecule has 3 heteroatoms. The number of nitrogens with one attached hydrogen (secondary N) is 1. The van der Waals surface area contributed by atoms with Crippen LogP contribution in [0.4, 0.5) is 0 Å². The summed E-state index contributed by atoms with van der Waals surface area (Å²) in [5.41, 5.74) is 0. The van der Waals surface area contributed by atoms with E-state index in [1.807, 2.05) is 11.8 Å². The number of piperidine rings is 1. The fourth-order valence-electron chi connectivity index (χ4n) is 1.90. The number of rotatable bonds is 4. The molecule has 1 heterocycles. The molecular formula is C10H22N2S. The molecule has 13 heavy (non-hydrogen) atoms. The summed E-state index contributed by atoms with van der Waals surface area (Å²) in [6.07, 6.45) is 4.88. The van der Waals surface area contributed by atoms with E-state index in [0.29, 0.717) is 6.04 Å². The first-order chi connectivity index (χ1) is 6.25. The molecule has 1 aliphatic heterocycles. The molecule has 2 nitrogen and oxygen atoms in total. The molecule has 1 rings (SSSR count). The molecule has 1 fully saturated rings. The van der Waals surface area contributed by atoms with Crippen molar-refractivity contribution in [3.8, 4) is 0 Å². The summed E-state index contributed by atoms with van der Waals surface area (Å²) >= 11 is 1.94. The van der Waals surface area contributed by atoms with Gasteiger partial charge in [-0.1, -0.05) is 0 Å². The number of nitrogens with zero attached hydrogens (tertiary/aromatic N) is 1. The van der Waals surface area contributed by atoms with Crippen molar-refractivity contribution in [2.24, 2.45) is 0 Å². The maximum absolute atomic E-state index is 3.46. The van der Waals surface area contributed by atoms with Gasteiger partial charge in [0.15, 0.2) is 0 Å². The summed E-state index contributed by atoms with van der Waals surface area (Å²) in [7, 11) is 2.26. The van der Waals surface area contributed by atoms with Crippen molar-refractivity contribution in [3.63, 3.8) is 0 Å². The topological polar surface area (TPSA) is 15.3 Å². The van der Waals surface area contributed by atoms with Crippen molar-refractivity contribution in [2.45, 2.75) is 31.8 Å². The van der Waals surface area contributed by atoms with E-state index in [-0.39, 0.29) is 0 Å². The van der Waals surface area contributed by atoms with E-state index in [2.05, 4.69) is 30.4 Å². The first kappa shape index (κ1) is 11.3. The van der Waals surface area contributed by atoms with Crippen molar-refractivity contribution in [1.29, 1.82) is 0 Å². The molecule has 0 aromatic rings. The van der Waals surface area contributed by atoms with E-state index in [4.69, 9.17) is 0 Å². The highest BCUT2D eigenvalue weighted by Crippen LogP contribution is 2.13. The highest BCUT2D eigenvalue weighted by molar-refractivity contribution is 7.98. The number of thioether (sulfide) groups is 1. The van der Waals surface area contributed by atoms with Crippen LogP contribution < -0.4 is 5.32 Å². The normalized spacial score (nSPS) is 26.3. The SMILES string of the molecule is CSCC(C)N(C)C1CCCNC1. The van der Waals surface area contributed by atoms with Gasteiger partial charge < -0.3 is 5.32 Å². The Kier molecular flexibility index (Phi) is 5.14. The minimum Gasteiger partial charge on any atom is -0.315 e. The highest BCUT2D eigenvalue weighted by atomic mass is 32.2. The van der Waals surface area contributed by atoms with E-state index in [1.54, 1.807) is 0 Å². The summed E-state index contributed by atoms with van der Waals surface area (Å²) in [5, 5.41) is 3.46. The quantitative estimate of drug-likeness (QED) is 0.742. The van der Waals surface area contributed by atoms with Gasteiger partial charge in [-0.3, -0.25) is 4.90 Å². The Bertz CT molecular complexity index is 135. The first-order valence-corrected chi connectivity index (χ1v) is 6.56. The van der Waals surface area contributed by atoms with Gasteiger partial charge in [0.2, 0.25) is 0 Å². The van der Waals surface area contributed by atoms with Crippen LogP contribution in [0.5, 0.6) is 0 Å². The third kappa shape index (κ3) is 3.49. The molecule has 1 N–H and O–H groups in total. The van der Waals surface area contributed by atoms with Gasteiger partial charge in [-0.2, -0.15) is 11.8 Å². The molecule has 0 spiro atoms. The highest BCUT2D eigenvalue weighted by Gasteiger charge is 2.20. The van der Waals surface area contributed by atoms with E-state index in [1.165, 1.54) is 31.7 Å². The van der Waals surface area contributed by atoms with Crippen molar-refractivity contribution in [3.05, 3.63) is 0 Å². The summed E-state index contributed by atoms with van der Waals surface area (Å²) < 4.78 is 0.